The van der Waals surface area contributed by atoms with Crippen molar-refractivity contribution in [3.8, 4) is 0 Å². The van der Waals surface area contributed by atoms with E-state index in [0.29, 0.717) is 48.7 Å². The van der Waals surface area contributed by atoms with Crippen LogP contribution in [0, 0.1) is 0 Å². The monoisotopic (exact) mass is 386 g/mol. The lowest BCUT2D eigenvalue weighted by Crippen LogP contribution is -2.27. The summed E-state index contributed by atoms with van der Waals surface area (Å²) in [5.74, 6) is 0.741. The van der Waals surface area contributed by atoms with Gasteiger partial charge in [-0.1, -0.05) is 12.1 Å². The maximum Gasteiger partial charge on any atom is 0.305 e. The van der Waals surface area contributed by atoms with Crippen LogP contribution in [0.4, 0.5) is 5.82 Å². The van der Waals surface area contributed by atoms with Gasteiger partial charge in [0.25, 0.3) is 0 Å². The Balaban J connectivity index is 2.17. The van der Waals surface area contributed by atoms with Crippen LogP contribution in [-0.4, -0.2) is 45.4 Å². The second kappa shape index (κ2) is 7.73. The molecule has 1 aromatic carbocycles. The number of aryl methyl sites for hydroxylation is 1. The molecule has 2 aromatic heterocycles. The van der Waals surface area contributed by atoms with Crippen LogP contribution in [0.3, 0.4) is 0 Å². The smallest absolute Gasteiger partial charge is 0.305 e. The van der Waals surface area contributed by atoms with Crippen LogP contribution >= 0.6 is 0 Å². The highest BCUT2D eigenvalue weighted by molar-refractivity contribution is 6.06. The predicted molar refractivity (Wildman–Crippen MR) is 107 cm³/mol. The molecule has 0 radical (unpaired) electrons. The number of anilines is 1. The van der Waals surface area contributed by atoms with Gasteiger partial charge in [-0.2, -0.15) is 0 Å². The third-order valence-corrected chi connectivity index (χ3v) is 4.51. The Morgan fingerprint density at radius 3 is 2.68 bits per heavy atom. The maximum atomic E-state index is 11.4. The number of carbonyl (C=O) groups excluding carboxylic acids is 1. The zero-order valence-corrected chi connectivity index (χ0v) is 16.7. The van der Waals surface area contributed by atoms with E-state index in [9.17, 15) is 9.90 Å². The van der Waals surface area contributed by atoms with Gasteiger partial charge < -0.3 is 24.9 Å². The molecule has 0 aliphatic heterocycles. The second-order valence-corrected chi connectivity index (χ2v) is 7.48. The first-order chi connectivity index (χ1) is 13.2. The Morgan fingerprint density at radius 1 is 1.29 bits per heavy atom. The number of carbonyl (C=O) groups is 1. The van der Waals surface area contributed by atoms with Gasteiger partial charge in [-0.3, -0.25) is 4.79 Å². The molecule has 0 amide bonds. The molecule has 0 bridgehead atoms. The van der Waals surface area contributed by atoms with E-state index in [4.69, 9.17) is 15.2 Å². The van der Waals surface area contributed by atoms with Crippen molar-refractivity contribution in [3.05, 3.63) is 29.6 Å². The number of nitrogen functional groups attached to an aromatic ring is 1. The highest BCUT2D eigenvalue weighted by Crippen LogP contribution is 2.31. The molecule has 28 heavy (non-hydrogen) atoms. The second-order valence-electron chi connectivity index (χ2n) is 7.48. The van der Waals surface area contributed by atoms with Crippen LogP contribution in [0.15, 0.2) is 18.2 Å². The number of ether oxygens (including phenoxy) is 2. The van der Waals surface area contributed by atoms with E-state index in [1.54, 1.807) is 21.0 Å². The topological polar surface area (TPSA) is 112 Å². The summed E-state index contributed by atoms with van der Waals surface area (Å²) in [5.41, 5.74) is 8.34. The average Bonchev–Trinajstić information content (AvgIpc) is 2.97. The largest absolute Gasteiger partial charge is 0.469 e. The lowest BCUT2D eigenvalue weighted by Gasteiger charge is -2.20. The Bertz CT molecular complexity index is 1020. The van der Waals surface area contributed by atoms with Gasteiger partial charge >= 0.3 is 5.97 Å². The van der Waals surface area contributed by atoms with E-state index in [1.807, 2.05) is 22.8 Å². The number of pyridine rings is 1. The Hall–Kier alpha value is -2.71. The highest BCUT2D eigenvalue weighted by Gasteiger charge is 2.22. The third kappa shape index (κ3) is 4.07. The summed E-state index contributed by atoms with van der Waals surface area (Å²) in [6, 6.07) is 5.83. The van der Waals surface area contributed by atoms with Crippen LogP contribution in [0.1, 0.15) is 31.7 Å². The number of hydrogen-bond donors (Lipinski definition) is 2. The number of methoxy groups -OCH3 is 2. The minimum absolute atomic E-state index is 0.254. The molecule has 2 heterocycles. The molecule has 8 nitrogen and oxygen atoms in total. The minimum Gasteiger partial charge on any atom is -0.469 e. The van der Waals surface area contributed by atoms with Crippen LogP contribution in [-0.2, 0) is 33.8 Å². The van der Waals surface area contributed by atoms with Crippen LogP contribution < -0.4 is 5.73 Å². The van der Waals surface area contributed by atoms with E-state index in [1.165, 1.54) is 7.11 Å². The van der Waals surface area contributed by atoms with Gasteiger partial charge in [-0.15, -0.1) is 0 Å². The lowest BCUT2D eigenvalue weighted by molar-refractivity contribution is -0.140. The van der Waals surface area contributed by atoms with Gasteiger partial charge in [0, 0.05) is 18.9 Å². The number of fused-ring (bicyclic) bond motifs is 3. The van der Waals surface area contributed by atoms with E-state index >= 15 is 0 Å². The molecular formula is C20H26N4O4. The zero-order chi connectivity index (χ0) is 20.5. The fourth-order valence-corrected chi connectivity index (χ4v) is 3.30. The summed E-state index contributed by atoms with van der Waals surface area (Å²) in [6.45, 7) is 4.12. The first kappa shape index (κ1) is 20.0. The first-order valence-electron chi connectivity index (χ1n) is 9.09. The van der Waals surface area contributed by atoms with Crippen molar-refractivity contribution in [1.29, 1.82) is 0 Å². The van der Waals surface area contributed by atoms with Gasteiger partial charge in [0.15, 0.2) is 5.82 Å². The van der Waals surface area contributed by atoms with Crippen molar-refractivity contribution in [3.63, 3.8) is 0 Å². The number of benzene rings is 1. The van der Waals surface area contributed by atoms with Crippen molar-refractivity contribution in [2.45, 2.75) is 45.4 Å². The van der Waals surface area contributed by atoms with E-state index in [2.05, 4.69) is 9.97 Å². The number of aromatic nitrogens is 3. The molecule has 0 fully saturated rings. The van der Waals surface area contributed by atoms with Gasteiger partial charge in [0.1, 0.15) is 17.9 Å². The fourth-order valence-electron chi connectivity index (χ4n) is 3.30. The number of rotatable bonds is 7. The van der Waals surface area contributed by atoms with E-state index in [0.717, 1.165) is 16.5 Å². The van der Waals surface area contributed by atoms with Crippen molar-refractivity contribution in [2.24, 2.45) is 0 Å². The number of aliphatic hydroxyl groups is 1. The molecule has 3 N–H and O–H groups in total. The van der Waals surface area contributed by atoms with Crippen LogP contribution in [0.25, 0.3) is 21.9 Å². The number of hydrogen-bond acceptors (Lipinski definition) is 7. The Kier molecular flexibility index (Phi) is 5.53. The molecule has 0 saturated carbocycles. The average molecular weight is 386 g/mol. The van der Waals surface area contributed by atoms with Crippen LogP contribution in [0.2, 0.25) is 0 Å². The summed E-state index contributed by atoms with van der Waals surface area (Å²) >= 11 is 0. The zero-order valence-electron chi connectivity index (χ0n) is 16.7. The molecule has 3 rings (SSSR count). The van der Waals surface area contributed by atoms with Gasteiger partial charge in [-0.25, -0.2) is 9.97 Å². The highest BCUT2D eigenvalue weighted by atomic mass is 16.5. The summed E-state index contributed by atoms with van der Waals surface area (Å²) < 4.78 is 11.9. The number of imidazole rings is 1. The third-order valence-electron chi connectivity index (χ3n) is 4.51. The predicted octanol–water partition coefficient (Wildman–Crippen LogP) is 2.19. The van der Waals surface area contributed by atoms with E-state index < -0.39 is 5.60 Å². The summed E-state index contributed by atoms with van der Waals surface area (Å²) in [4.78, 5) is 20.5. The molecule has 3 aromatic rings. The molecule has 0 aliphatic carbocycles. The standard InChI is InChI=1S/C20H26N4O4/c1-20(2,26)11-24-15(10-27-3)23-17-18(24)13-7-5-12(6-8-16(25)28-4)9-14(13)22-19(17)21/h5,7,9,26H,6,8,10-11H2,1-4H3,(H2,21,22). The minimum atomic E-state index is -0.944. The fraction of sp³-hybridized carbons (Fsp3) is 0.450. The summed E-state index contributed by atoms with van der Waals surface area (Å²) in [7, 11) is 2.98. The molecule has 0 aliphatic rings. The Labute approximate surface area is 163 Å². The molecule has 0 saturated heterocycles. The van der Waals surface area contributed by atoms with Crippen molar-refractivity contribution >= 4 is 33.7 Å². The van der Waals surface area contributed by atoms with E-state index in [-0.39, 0.29) is 5.97 Å². The normalized spacial score (nSPS) is 12.0. The van der Waals surface area contributed by atoms with Crippen molar-refractivity contribution in [1.82, 2.24) is 14.5 Å². The van der Waals surface area contributed by atoms with Gasteiger partial charge in [0.05, 0.1) is 30.3 Å². The van der Waals surface area contributed by atoms with Gasteiger partial charge in [-0.05, 0) is 31.9 Å². The van der Waals surface area contributed by atoms with Crippen LogP contribution in [0.5, 0.6) is 0 Å². The molecular weight excluding hydrogens is 360 g/mol. The summed E-state index contributed by atoms with van der Waals surface area (Å²) in [5, 5.41) is 11.3. The first-order valence-corrected chi connectivity index (χ1v) is 9.09. The lowest BCUT2D eigenvalue weighted by atomic mass is 10.1. The molecule has 8 heteroatoms. The van der Waals surface area contributed by atoms with Gasteiger partial charge in [0.2, 0.25) is 0 Å². The molecule has 0 atom stereocenters. The quantitative estimate of drug-likeness (QED) is 0.599. The maximum absolute atomic E-state index is 11.4. The van der Waals surface area contributed by atoms with Crippen molar-refractivity contribution in [2.75, 3.05) is 20.0 Å². The molecule has 0 unspecified atom stereocenters. The molecule has 0 spiro atoms. The summed E-state index contributed by atoms with van der Waals surface area (Å²) in [6.07, 6.45) is 0.856. The van der Waals surface area contributed by atoms with Crippen molar-refractivity contribution < 1.29 is 19.4 Å². The Morgan fingerprint density at radius 2 is 2.04 bits per heavy atom. The SMILES string of the molecule is COCc1nc2c(N)nc3cc(CCC(=O)OC)ccc3c2n1CC(C)(C)O. The molecule has 150 valence electrons. The number of nitrogens with zero attached hydrogens (tertiary/aromatic N) is 3. The number of nitrogens with two attached hydrogens (primary N) is 1. The number of esters is 1.